The van der Waals surface area contributed by atoms with Crippen molar-refractivity contribution >= 4 is 29.1 Å². The van der Waals surface area contributed by atoms with Gasteiger partial charge in [-0.1, -0.05) is 0 Å². The predicted octanol–water partition coefficient (Wildman–Crippen LogP) is 7.11. The van der Waals surface area contributed by atoms with Crippen molar-refractivity contribution in [3.05, 3.63) is 86.6 Å². The Kier molecular flexibility index (Phi) is 10.2. The van der Waals surface area contributed by atoms with Crippen LogP contribution in [0.5, 0.6) is 5.88 Å². The number of hydrogen-bond donors (Lipinski definition) is 2. The molecule has 2 N–H and O–H groups in total. The number of halogens is 5. The number of alkyl halides is 3. The summed E-state index contributed by atoms with van der Waals surface area (Å²) < 4.78 is 79.6. The van der Waals surface area contributed by atoms with Crippen LogP contribution in [0.1, 0.15) is 54.9 Å². The van der Waals surface area contributed by atoms with Crippen LogP contribution in [0, 0.1) is 21.7 Å². The summed E-state index contributed by atoms with van der Waals surface area (Å²) in [6.07, 6.45) is -6.30. The van der Waals surface area contributed by atoms with E-state index in [4.69, 9.17) is 9.47 Å². The lowest BCUT2D eigenvalue weighted by Gasteiger charge is -2.32. The number of nitrogens with zero attached hydrogens (tertiary/aromatic N) is 3. The van der Waals surface area contributed by atoms with Crippen LogP contribution in [0.25, 0.3) is 0 Å². The first-order chi connectivity index (χ1) is 20.8. The normalized spacial score (nSPS) is 12.3. The Balaban J connectivity index is 2.10. The number of carbonyl (C=O) groups is 2. The molecule has 1 aromatic heterocycles. The Morgan fingerprint density at radius 1 is 1.09 bits per heavy atom. The lowest BCUT2D eigenvalue weighted by molar-refractivity contribution is -0.386. The highest BCUT2D eigenvalue weighted by Gasteiger charge is 2.36. The van der Waals surface area contributed by atoms with E-state index in [1.807, 2.05) is 0 Å². The number of carbonyl (C=O) groups excluding carboxylic acids is 1. The van der Waals surface area contributed by atoms with Crippen molar-refractivity contribution in [1.82, 2.24) is 9.88 Å². The molecule has 0 spiro atoms. The SMILES string of the molecule is COc1ccc([N+](=O)[O-])c(CC(C)N(Cc2cc(F)ccc2Nc2cc(C(F)(F)F)c(F)cc2C(=O)O)C(=O)OC(C)(C)C)n1. The molecule has 0 saturated heterocycles. The Bertz CT molecular complexity index is 1610. The number of ether oxygens (including phenoxy) is 2. The zero-order valence-electron chi connectivity index (χ0n) is 24.7. The third-order valence-corrected chi connectivity index (χ3v) is 6.30. The van der Waals surface area contributed by atoms with Crippen molar-refractivity contribution < 1.29 is 51.0 Å². The summed E-state index contributed by atoms with van der Waals surface area (Å²) in [5.41, 5.74) is -4.83. The minimum Gasteiger partial charge on any atom is -0.481 e. The highest BCUT2D eigenvalue weighted by atomic mass is 19.4. The van der Waals surface area contributed by atoms with Gasteiger partial charge in [-0.2, -0.15) is 13.2 Å². The van der Waals surface area contributed by atoms with Gasteiger partial charge in [0.2, 0.25) is 5.88 Å². The average molecular weight is 641 g/mol. The van der Waals surface area contributed by atoms with Gasteiger partial charge in [0.15, 0.2) is 0 Å². The minimum atomic E-state index is -5.16. The molecule has 2 aromatic carbocycles. The molecule has 0 fully saturated rings. The highest BCUT2D eigenvalue weighted by molar-refractivity contribution is 5.95. The molecule has 1 atom stereocenters. The van der Waals surface area contributed by atoms with Crippen LogP contribution < -0.4 is 10.1 Å². The standard InChI is InChI=1S/C29H29F5N4O7/c1-15(10-23-24(38(42)43)8-9-25(36-23)44-5)37(27(41)45-28(2,3)4)14-16-11-17(30)6-7-21(16)35-22-13-19(29(32,33)34)20(31)12-18(22)26(39)40/h6-9,11-13,15,35H,10,14H2,1-5H3,(H,39,40). The number of methoxy groups -OCH3 is 1. The topological polar surface area (TPSA) is 144 Å². The molecule has 3 aromatic rings. The van der Waals surface area contributed by atoms with Gasteiger partial charge in [0.1, 0.15) is 22.9 Å². The lowest BCUT2D eigenvalue weighted by atomic mass is 10.0. The molecule has 1 unspecified atom stereocenters. The molecule has 1 heterocycles. The number of nitro groups is 1. The van der Waals surface area contributed by atoms with Crippen LogP contribution in [0.4, 0.5) is 43.8 Å². The second-order valence-corrected chi connectivity index (χ2v) is 10.8. The molecule has 242 valence electrons. The molecule has 1 amide bonds. The molecule has 0 aliphatic carbocycles. The smallest absolute Gasteiger partial charge is 0.419 e. The number of pyridine rings is 1. The van der Waals surface area contributed by atoms with Crippen molar-refractivity contribution in [1.29, 1.82) is 0 Å². The maximum absolute atomic E-state index is 14.5. The monoisotopic (exact) mass is 640 g/mol. The summed E-state index contributed by atoms with van der Waals surface area (Å²) in [7, 11) is 1.31. The van der Waals surface area contributed by atoms with Crippen LogP contribution in [0.15, 0.2) is 42.5 Å². The van der Waals surface area contributed by atoms with E-state index in [1.54, 1.807) is 20.8 Å². The molecule has 11 nitrogen and oxygen atoms in total. The Labute approximate surface area is 253 Å². The number of hydrogen-bond acceptors (Lipinski definition) is 8. The number of benzene rings is 2. The van der Waals surface area contributed by atoms with Gasteiger partial charge in [-0.3, -0.25) is 10.1 Å². The average Bonchev–Trinajstić information content (AvgIpc) is 2.91. The Hall–Kier alpha value is -5.02. The number of anilines is 2. The summed E-state index contributed by atoms with van der Waals surface area (Å²) in [5, 5.41) is 23.7. The fourth-order valence-corrected chi connectivity index (χ4v) is 4.23. The van der Waals surface area contributed by atoms with E-state index in [0.717, 1.165) is 23.1 Å². The first-order valence-corrected chi connectivity index (χ1v) is 13.2. The zero-order chi connectivity index (χ0) is 33.9. The summed E-state index contributed by atoms with van der Waals surface area (Å²) in [6.45, 7) is 5.79. The first kappa shape index (κ1) is 34.5. The van der Waals surface area contributed by atoms with Crippen LogP contribution in [0.2, 0.25) is 0 Å². The molecule has 0 aliphatic rings. The van der Waals surface area contributed by atoms with Gasteiger partial charge in [-0.05, 0) is 63.6 Å². The van der Waals surface area contributed by atoms with Crippen LogP contribution >= 0.6 is 0 Å². The number of amides is 1. The number of carboxylic acid groups (broad SMARTS) is 1. The van der Waals surface area contributed by atoms with E-state index in [2.05, 4.69) is 10.3 Å². The number of nitrogens with one attached hydrogen (secondary N) is 1. The molecule has 3 rings (SSSR count). The fourth-order valence-electron chi connectivity index (χ4n) is 4.23. The van der Waals surface area contributed by atoms with Crippen LogP contribution in [-0.2, 0) is 23.9 Å². The fraction of sp³-hybridized carbons (Fsp3) is 0.345. The molecule has 45 heavy (non-hydrogen) atoms. The van der Waals surface area contributed by atoms with Crippen molar-refractivity contribution in [2.24, 2.45) is 0 Å². The number of rotatable bonds is 10. The molecular formula is C29H29F5N4O7. The molecule has 0 bridgehead atoms. The summed E-state index contributed by atoms with van der Waals surface area (Å²) in [4.78, 5) is 41.4. The van der Waals surface area contributed by atoms with Gasteiger partial charge in [0.25, 0.3) is 5.69 Å². The number of aromatic nitrogens is 1. The van der Waals surface area contributed by atoms with E-state index < -0.39 is 69.8 Å². The van der Waals surface area contributed by atoms with Gasteiger partial charge >= 0.3 is 18.2 Å². The van der Waals surface area contributed by atoms with E-state index in [-0.39, 0.29) is 47.1 Å². The van der Waals surface area contributed by atoms with Gasteiger partial charge < -0.3 is 24.8 Å². The number of aromatic carboxylic acids is 1. The van der Waals surface area contributed by atoms with E-state index >= 15 is 0 Å². The van der Waals surface area contributed by atoms with Crippen LogP contribution in [-0.4, -0.2) is 50.7 Å². The van der Waals surface area contributed by atoms with E-state index in [0.29, 0.717) is 0 Å². The lowest BCUT2D eigenvalue weighted by Crippen LogP contribution is -2.43. The third kappa shape index (κ3) is 8.77. The Morgan fingerprint density at radius 2 is 1.76 bits per heavy atom. The van der Waals surface area contributed by atoms with Gasteiger partial charge in [0.05, 0.1) is 35.4 Å². The second-order valence-electron chi connectivity index (χ2n) is 10.8. The maximum atomic E-state index is 14.5. The summed E-state index contributed by atoms with van der Waals surface area (Å²) in [6, 6.07) is 5.02. The molecule has 16 heteroatoms. The first-order valence-electron chi connectivity index (χ1n) is 13.2. The highest BCUT2D eigenvalue weighted by Crippen LogP contribution is 2.36. The molecule has 0 aliphatic heterocycles. The van der Waals surface area contributed by atoms with Gasteiger partial charge in [0, 0.05) is 30.3 Å². The Morgan fingerprint density at radius 3 is 2.31 bits per heavy atom. The van der Waals surface area contributed by atoms with E-state index in [1.165, 1.54) is 26.2 Å². The third-order valence-electron chi connectivity index (χ3n) is 6.30. The van der Waals surface area contributed by atoms with Crippen molar-refractivity contribution in [3.8, 4) is 5.88 Å². The number of carboxylic acids is 1. The maximum Gasteiger partial charge on any atom is 0.419 e. The molecule has 0 saturated carbocycles. The molecular weight excluding hydrogens is 611 g/mol. The van der Waals surface area contributed by atoms with Crippen molar-refractivity contribution in [3.63, 3.8) is 0 Å². The van der Waals surface area contributed by atoms with Crippen LogP contribution in [0.3, 0.4) is 0 Å². The van der Waals surface area contributed by atoms with Crippen molar-refractivity contribution in [2.45, 2.75) is 58.5 Å². The molecule has 0 radical (unpaired) electrons. The summed E-state index contributed by atoms with van der Waals surface area (Å²) in [5.74, 6) is -4.30. The van der Waals surface area contributed by atoms with Gasteiger partial charge in [-0.15, -0.1) is 0 Å². The quantitative estimate of drug-likeness (QED) is 0.135. The second kappa shape index (κ2) is 13.3. The summed E-state index contributed by atoms with van der Waals surface area (Å²) >= 11 is 0. The zero-order valence-corrected chi connectivity index (χ0v) is 24.7. The van der Waals surface area contributed by atoms with Gasteiger partial charge in [-0.25, -0.2) is 23.4 Å². The minimum absolute atomic E-state index is 0.0462. The van der Waals surface area contributed by atoms with E-state index in [9.17, 15) is 46.8 Å². The predicted molar refractivity (Wildman–Crippen MR) is 150 cm³/mol. The largest absolute Gasteiger partial charge is 0.481 e. The van der Waals surface area contributed by atoms with Crippen molar-refractivity contribution in [2.75, 3.05) is 12.4 Å².